The molecule has 0 radical (unpaired) electrons. The van der Waals surface area contributed by atoms with Crippen LogP contribution in [0.5, 0.6) is 0 Å². The molecule has 2 aromatic rings. The van der Waals surface area contributed by atoms with Crippen LogP contribution in [0.4, 0.5) is 10.1 Å². The van der Waals surface area contributed by atoms with Gasteiger partial charge in [0, 0.05) is 17.1 Å². The Morgan fingerprint density at radius 2 is 2.30 bits per heavy atom. The van der Waals surface area contributed by atoms with Gasteiger partial charge in [0.15, 0.2) is 0 Å². The number of halogens is 2. The molecule has 6 nitrogen and oxygen atoms in total. The quantitative estimate of drug-likeness (QED) is 0.858. The summed E-state index contributed by atoms with van der Waals surface area (Å²) >= 11 is 3.15. The van der Waals surface area contributed by atoms with E-state index in [2.05, 4.69) is 31.6 Å². The molecular formula is C12H13BrFN5O. The fourth-order valence-electron chi connectivity index (χ4n) is 1.61. The van der Waals surface area contributed by atoms with Crippen LogP contribution < -0.4 is 11.1 Å². The topological polar surface area (TPSA) is 85.8 Å². The number of nitrogens with two attached hydrogens (primary N) is 1. The summed E-state index contributed by atoms with van der Waals surface area (Å²) in [5, 5.41) is 10.1. The number of nitrogens with one attached hydrogen (secondary N) is 1. The number of amides is 1. The molecule has 8 heteroatoms. The predicted molar refractivity (Wildman–Crippen MR) is 75.5 cm³/mol. The number of benzene rings is 1. The fourth-order valence-corrected chi connectivity index (χ4v) is 1.94. The second-order valence-electron chi connectivity index (χ2n) is 4.12. The van der Waals surface area contributed by atoms with Crippen molar-refractivity contribution >= 4 is 27.5 Å². The van der Waals surface area contributed by atoms with Crippen LogP contribution in [0.1, 0.15) is 5.69 Å². The zero-order valence-electron chi connectivity index (χ0n) is 10.5. The van der Waals surface area contributed by atoms with E-state index in [4.69, 9.17) is 5.73 Å². The number of hydrogen-bond acceptors (Lipinski definition) is 4. The maximum absolute atomic E-state index is 13.6. The standard InChI is InChI=1S/C12H13BrFN5O/c13-8-1-2-11(10(14)5-8)16-12(20)7-19-6-9(3-4-15)17-18-19/h1-2,5-6H,3-4,7,15H2,(H,16,20). The molecule has 1 heterocycles. The summed E-state index contributed by atoms with van der Waals surface area (Å²) < 4.78 is 15.6. The van der Waals surface area contributed by atoms with E-state index >= 15 is 0 Å². The van der Waals surface area contributed by atoms with Crippen molar-refractivity contribution in [2.24, 2.45) is 5.73 Å². The average Bonchev–Trinajstić information content (AvgIpc) is 2.81. The number of hydrogen-bond donors (Lipinski definition) is 2. The van der Waals surface area contributed by atoms with E-state index in [1.807, 2.05) is 0 Å². The summed E-state index contributed by atoms with van der Waals surface area (Å²) in [7, 11) is 0. The number of nitrogens with zero attached hydrogens (tertiary/aromatic N) is 3. The number of rotatable bonds is 5. The first-order valence-corrected chi connectivity index (χ1v) is 6.72. The molecule has 1 amide bonds. The van der Waals surface area contributed by atoms with Crippen molar-refractivity contribution in [3.8, 4) is 0 Å². The van der Waals surface area contributed by atoms with Crippen LogP contribution in [0.25, 0.3) is 0 Å². The van der Waals surface area contributed by atoms with Gasteiger partial charge in [0.25, 0.3) is 0 Å². The molecule has 0 fully saturated rings. The minimum atomic E-state index is -0.505. The monoisotopic (exact) mass is 341 g/mol. The Morgan fingerprint density at radius 1 is 1.50 bits per heavy atom. The van der Waals surface area contributed by atoms with Crippen LogP contribution in [-0.4, -0.2) is 27.4 Å². The highest BCUT2D eigenvalue weighted by Crippen LogP contribution is 2.19. The number of aromatic nitrogens is 3. The Labute approximate surface area is 123 Å². The molecule has 1 aromatic heterocycles. The van der Waals surface area contributed by atoms with E-state index in [9.17, 15) is 9.18 Å². The Balaban J connectivity index is 1.97. The fraction of sp³-hybridized carbons (Fsp3) is 0.250. The molecular weight excluding hydrogens is 329 g/mol. The van der Waals surface area contributed by atoms with Crippen LogP contribution in [-0.2, 0) is 17.8 Å². The molecule has 106 valence electrons. The summed E-state index contributed by atoms with van der Waals surface area (Å²) in [5.41, 5.74) is 6.24. The van der Waals surface area contributed by atoms with Crippen LogP contribution in [0.15, 0.2) is 28.9 Å². The molecule has 0 aliphatic carbocycles. The molecule has 0 saturated heterocycles. The van der Waals surface area contributed by atoms with Crippen molar-refractivity contribution in [2.75, 3.05) is 11.9 Å². The van der Waals surface area contributed by atoms with Crippen LogP contribution in [0.2, 0.25) is 0 Å². The first-order chi connectivity index (χ1) is 9.58. The molecule has 0 spiro atoms. The highest BCUT2D eigenvalue weighted by Gasteiger charge is 2.09. The van der Waals surface area contributed by atoms with Gasteiger partial charge in [-0.25, -0.2) is 9.07 Å². The third-order valence-corrected chi connectivity index (χ3v) is 2.99. The maximum Gasteiger partial charge on any atom is 0.246 e. The van der Waals surface area contributed by atoms with Gasteiger partial charge in [0.2, 0.25) is 5.91 Å². The molecule has 2 rings (SSSR count). The van der Waals surface area contributed by atoms with Gasteiger partial charge in [-0.05, 0) is 24.7 Å². The molecule has 0 saturated carbocycles. The Kier molecular flexibility index (Phi) is 4.80. The van der Waals surface area contributed by atoms with Gasteiger partial charge in [0.05, 0.1) is 11.4 Å². The first kappa shape index (κ1) is 14.6. The SMILES string of the molecule is NCCc1cn(CC(=O)Nc2ccc(Br)cc2F)nn1. The minimum Gasteiger partial charge on any atom is -0.330 e. The zero-order chi connectivity index (χ0) is 14.5. The summed E-state index contributed by atoms with van der Waals surface area (Å²) in [5.74, 6) is -0.884. The van der Waals surface area contributed by atoms with Gasteiger partial charge in [-0.1, -0.05) is 21.1 Å². The van der Waals surface area contributed by atoms with E-state index in [0.717, 1.165) is 5.69 Å². The van der Waals surface area contributed by atoms with E-state index in [1.54, 1.807) is 12.3 Å². The Morgan fingerprint density at radius 3 is 3.00 bits per heavy atom. The first-order valence-electron chi connectivity index (χ1n) is 5.92. The second kappa shape index (κ2) is 6.58. The van der Waals surface area contributed by atoms with E-state index in [1.165, 1.54) is 16.8 Å². The summed E-state index contributed by atoms with van der Waals surface area (Å²) in [6.45, 7) is 0.433. The van der Waals surface area contributed by atoms with Crippen molar-refractivity contribution in [2.45, 2.75) is 13.0 Å². The van der Waals surface area contributed by atoms with Crippen molar-refractivity contribution in [1.82, 2.24) is 15.0 Å². The largest absolute Gasteiger partial charge is 0.330 e. The lowest BCUT2D eigenvalue weighted by atomic mass is 10.3. The van der Waals surface area contributed by atoms with Gasteiger partial charge >= 0.3 is 0 Å². The lowest BCUT2D eigenvalue weighted by Crippen LogP contribution is -2.19. The molecule has 20 heavy (non-hydrogen) atoms. The Bertz CT molecular complexity index is 616. The molecule has 1 aromatic carbocycles. The Hall–Kier alpha value is -1.80. The number of anilines is 1. The third-order valence-electron chi connectivity index (χ3n) is 2.50. The van der Waals surface area contributed by atoms with E-state index < -0.39 is 5.82 Å². The second-order valence-corrected chi connectivity index (χ2v) is 5.03. The third kappa shape index (κ3) is 3.84. The minimum absolute atomic E-state index is 0.0346. The van der Waals surface area contributed by atoms with E-state index in [-0.39, 0.29) is 18.1 Å². The number of carbonyl (C=O) groups is 1. The van der Waals surface area contributed by atoms with Gasteiger partial charge in [-0.2, -0.15) is 0 Å². The van der Waals surface area contributed by atoms with Crippen molar-refractivity contribution in [1.29, 1.82) is 0 Å². The lowest BCUT2D eigenvalue weighted by Gasteiger charge is -2.06. The van der Waals surface area contributed by atoms with E-state index in [0.29, 0.717) is 17.4 Å². The number of carbonyl (C=O) groups excluding carboxylic acids is 1. The molecule has 3 N–H and O–H groups in total. The highest BCUT2D eigenvalue weighted by atomic mass is 79.9. The predicted octanol–water partition coefficient (Wildman–Crippen LogP) is 1.32. The molecule has 0 bridgehead atoms. The molecule has 0 unspecified atom stereocenters. The summed E-state index contributed by atoms with van der Waals surface area (Å²) in [6.07, 6.45) is 2.24. The van der Waals surface area contributed by atoms with Crippen molar-refractivity contribution in [3.63, 3.8) is 0 Å². The zero-order valence-corrected chi connectivity index (χ0v) is 12.1. The van der Waals surface area contributed by atoms with Crippen LogP contribution in [0.3, 0.4) is 0 Å². The molecule has 0 aliphatic rings. The van der Waals surface area contributed by atoms with Gasteiger partial charge in [-0.15, -0.1) is 5.10 Å². The highest BCUT2D eigenvalue weighted by molar-refractivity contribution is 9.10. The van der Waals surface area contributed by atoms with Crippen molar-refractivity contribution < 1.29 is 9.18 Å². The van der Waals surface area contributed by atoms with Gasteiger partial charge in [-0.3, -0.25) is 4.79 Å². The molecule has 0 atom stereocenters. The molecule has 0 aliphatic heterocycles. The maximum atomic E-state index is 13.6. The lowest BCUT2D eigenvalue weighted by molar-refractivity contribution is -0.116. The normalized spacial score (nSPS) is 10.6. The van der Waals surface area contributed by atoms with Crippen LogP contribution in [0, 0.1) is 5.82 Å². The van der Waals surface area contributed by atoms with Gasteiger partial charge < -0.3 is 11.1 Å². The average molecular weight is 342 g/mol. The van der Waals surface area contributed by atoms with Crippen molar-refractivity contribution in [3.05, 3.63) is 40.4 Å². The summed E-state index contributed by atoms with van der Waals surface area (Å²) in [6, 6.07) is 4.41. The smallest absolute Gasteiger partial charge is 0.246 e. The van der Waals surface area contributed by atoms with Crippen LogP contribution >= 0.6 is 15.9 Å². The van der Waals surface area contributed by atoms with Gasteiger partial charge in [0.1, 0.15) is 12.4 Å². The summed E-state index contributed by atoms with van der Waals surface area (Å²) in [4.78, 5) is 11.8.